The highest BCUT2D eigenvalue weighted by Crippen LogP contribution is 2.31. The van der Waals surface area contributed by atoms with Gasteiger partial charge in [0.1, 0.15) is 12.4 Å². The Hall–Kier alpha value is -2.44. The van der Waals surface area contributed by atoms with Crippen LogP contribution in [0.1, 0.15) is 28.9 Å². The highest BCUT2D eigenvalue weighted by molar-refractivity contribution is 5.94. The summed E-state index contributed by atoms with van der Waals surface area (Å²) in [5.41, 5.74) is 2.93. The number of nitroso groups, excluding NO2 is 1. The number of amides is 2. The topological polar surface area (TPSA) is 88.1 Å². The minimum absolute atomic E-state index is 0.128. The van der Waals surface area contributed by atoms with Crippen LogP contribution in [0.5, 0.6) is 5.75 Å². The summed E-state index contributed by atoms with van der Waals surface area (Å²) in [6, 6.07) is 4.69. The Labute approximate surface area is 109 Å². The zero-order valence-corrected chi connectivity index (χ0v) is 10.3. The van der Waals surface area contributed by atoms with Gasteiger partial charge >= 0.3 is 0 Å². The number of carbonyl (C=O) groups is 2. The zero-order chi connectivity index (χ0) is 13.8. The van der Waals surface area contributed by atoms with Crippen LogP contribution < -0.4 is 10.2 Å². The average molecular weight is 263 g/mol. The fourth-order valence-electron chi connectivity index (χ4n) is 2.03. The van der Waals surface area contributed by atoms with E-state index >= 15 is 0 Å². The number of fused-ring (bicyclic) bond motifs is 1. The number of benzene rings is 1. The van der Waals surface area contributed by atoms with E-state index in [2.05, 4.69) is 5.29 Å². The van der Waals surface area contributed by atoms with Gasteiger partial charge in [-0.2, -0.15) is 0 Å². The third-order valence-electron chi connectivity index (χ3n) is 3.11. The van der Waals surface area contributed by atoms with Crippen LogP contribution >= 0.6 is 0 Å². The van der Waals surface area contributed by atoms with Crippen LogP contribution in [-0.4, -0.2) is 30.4 Å². The molecule has 0 bridgehead atoms. The summed E-state index contributed by atoms with van der Waals surface area (Å²) in [6.45, 7) is 2.72. The molecule has 19 heavy (non-hydrogen) atoms. The summed E-state index contributed by atoms with van der Waals surface area (Å²) in [5, 5.41) is 2.34. The molecule has 1 aromatic carbocycles. The normalized spacial score (nSPS) is 17.7. The number of carbonyl (C=O) groups excluding carboxylic acids is 2. The van der Waals surface area contributed by atoms with Crippen molar-refractivity contribution >= 4 is 12.3 Å². The van der Waals surface area contributed by atoms with Crippen molar-refractivity contribution in [2.45, 2.75) is 13.0 Å². The largest absolute Gasteiger partial charge is 0.491 e. The minimum Gasteiger partial charge on any atom is -0.491 e. The first-order valence-corrected chi connectivity index (χ1v) is 5.78. The van der Waals surface area contributed by atoms with Crippen molar-refractivity contribution in [2.24, 2.45) is 5.29 Å². The summed E-state index contributed by atoms with van der Waals surface area (Å²) in [6.07, 6.45) is 0.778. The Morgan fingerprint density at radius 3 is 3.05 bits per heavy atom. The molecule has 1 aliphatic heterocycles. The molecule has 0 fully saturated rings. The summed E-state index contributed by atoms with van der Waals surface area (Å²) < 4.78 is 5.53. The van der Waals surface area contributed by atoms with E-state index in [1.54, 1.807) is 23.1 Å². The molecule has 1 unspecified atom stereocenters. The van der Waals surface area contributed by atoms with Gasteiger partial charge in [0.2, 0.25) is 6.41 Å². The third-order valence-corrected chi connectivity index (χ3v) is 3.11. The van der Waals surface area contributed by atoms with E-state index in [1.165, 1.54) is 0 Å². The molecule has 0 saturated heterocycles. The molecule has 2 amide bonds. The van der Waals surface area contributed by atoms with Crippen molar-refractivity contribution in [3.8, 4) is 5.75 Å². The molecular weight excluding hydrogens is 250 g/mol. The molecule has 7 heteroatoms. The van der Waals surface area contributed by atoms with Crippen molar-refractivity contribution in [2.75, 3.05) is 13.2 Å². The van der Waals surface area contributed by atoms with Gasteiger partial charge in [-0.3, -0.25) is 9.59 Å². The monoisotopic (exact) mass is 263 g/mol. The molecule has 1 heterocycles. The highest BCUT2D eigenvalue weighted by Gasteiger charge is 2.22. The second kappa shape index (κ2) is 5.47. The summed E-state index contributed by atoms with van der Waals surface area (Å²) >= 11 is 0. The molecule has 0 spiro atoms. The van der Waals surface area contributed by atoms with E-state index in [0.717, 1.165) is 12.0 Å². The van der Waals surface area contributed by atoms with E-state index in [9.17, 15) is 14.5 Å². The van der Waals surface area contributed by atoms with E-state index in [0.29, 0.717) is 18.9 Å². The summed E-state index contributed by atoms with van der Waals surface area (Å²) in [5.74, 6) is -0.0547. The standard InChI is InChI=1S/C12H13N3O4/c1-8-10-3-2-9(12(17)13-14-18)6-11(10)19-5-4-15(8)7-16/h2-3,6-8H,4-5H2,1H3,(H,13,17,18). The summed E-state index contributed by atoms with van der Waals surface area (Å²) in [7, 11) is 0. The Kier molecular flexibility index (Phi) is 3.74. The number of ether oxygens (including phenoxy) is 1. The maximum Gasteiger partial charge on any atom is 0.274 e. The molecule has 1 aliphatic rings. The average Bonchev–Trinajstić information content (AvgIpc) is 2.58. The number of nitrogens with one attached hydrogen (secondary N) is 1. The number of nitrogens with zero attached hydrogens (tertiary/aromatic N) is 2. The van der Waals surface area contributed by atoms with Gasteiger partial charge in [0.25, 0.3) is 5.91 Å². The van der Waals surface area contributed by atoms with Gasteiger partial charge in [-0.15, -0.1) is 4.91 Å². The predicted molar refractivity (Wildman–Crippen MR) is 66.4 cm³/mol. The lowest BCUT2D eigenvalue weighted by atomic mass is 10.0. The first-order chi connectivity index (χ1) is 9.17. The maximum absolute atomic E-state index is 11.5. The molecule has 0 aliphatic carbocycles. The van der Waals surface area contributed by atoms with Crippen LogP contribution in [0, 0.1) is 4.91 Å². The van der Waals surface area contributed by atoms with Gasteiger partial charge in [0, 0.05) is 11.1 Å². The van der Waals surface area contributed by atoms with Gasteiger partial charge in [-0.25, -0.2) is 5.43 Å². The Balaban J connectivity index is 2.35. The maximum atomic E-state index is 11.5. The van der Waals surface area contributed by atoms with Crippen LogP contribution in [0.2, 0.25) is 0 Å². The van der Waals surface area contributed by atoms with Crippen molar-refractivity contribution in [3.05, 3.63) is 34.2 Å². The highest BCUT2D eigenvalue weighted by atomic mass is 16.5. The molecule has 1 N–H and O–H groups in total. The molecular formula is C12H13N3O4. The smallest absolute Gasteiger partial charge is 0.274 e. The van der Waals surface area contributed by atoms with Crippen molar-refractivity contribution in [1.82, 2.24) is 10.3 Å². The molecule has 1 aromatic rings. The molecule has 7 nitrogen and oxygen atoms in total. The van der Waals surface area contributed by atoms with Gasteiger partial charge in [0.05, 0.1) is 17.9 Å². The molecule has 0 aromatic heterocycles. The Morgan fingerprint density at radius 2 is 2.37 bits per heavy atom. The van der Waals surface area contributed by atoms with Crippen LogP contribution in [-0.2, 0) is 4.79 Å². The van der Waals surface area contributed by atoms with Gasteiger partial charge in [-0.05, 0) is 19.1 Å². The van der Waals surface area contributed by atoms with E-state index in [-0.39, 0.29) is 11.6 Å². The van der Waals surface area contributed by atoms with Crippen LogP contribution in [0.25, 0.3) is 0 Å². The fourth-order valence-corrected chi connectivity index (χ4v) is 2.03. The van der Waals surface area contributed by atoms with E-state index in [4.69, 9.17) is 4.74 Å². The quantitative estimate of drug-likeness (QED) is 0.500. The number of rotatable bonds is 3. The van der Waals surface area contributed by atoms with Gasteiger partial charge < -0.3 is 9.64 Å². The molecule has 0 saturated carbocycles. The summed E-state index contributed by atoms with van der Waals surface area (Å²) in [4.78, 5) is 34.1. The molecule has 0 radical (unpaired) electrons. The van der Waals surface area contributed by atoms with Gasteiger partial charge in [0.15, 0.2) is 0 Å². The Bertz CT molecular complexity index is 518. The lowest BCUT2D eigenvalue weighted by molar-refractivity contribution is -0.120. The number of hydrogen-bond donors (Lipinski definition) is 1. The lowest BCUT2D eigenvalue weighted by Crippen LogP contribution is -2.27. The second-order valence-corrected chi connectivity index (χ2v) is 4.15. The molecule has 100 valence electrons. The van der Waals surface area contributed by atoms with Crippen molar-refractivity contribution in [1.29, 1.82) is 0 Å². The Morgan fingerprint density at radius 1 is 1.58 bits per heavy atom. The van der Waals surface area contributed by atoms with Gasteiger partial charge in [-0.1, -0.05) is 6.07 Å². The van der Waals surface area contributed by atoms with E-state index in [1.807, 2.05) is 12.3 Å². The van der Waals surface area contributed by atoms with Crippen LogP contribution in [0.4, 0.5) is 0 Å². The van der Waals surface area contributed by atoms with Crippen LogP contribution in [0.3, 0.4) is 0 Å². The first kappa shape index (κ1) is 13.0. The lowest BCUT2D eigenvalue weighted by Gasteiger charge is -2.22. The van der Waals surface area contributed by atoms with Crippen molar-refractivity contribution in [3.63, 3.8) is 0 Å². The van der Waals surface area contributed by atoms with Crippen LogP contribution in [0.15, 0.2) is 23.5 Å². The number of hydrogen-bond acceptors (Lipinski definition) is 5. The predicted octanol–water partition coefficient (Wildman–Crippen LogP) is 1.01. The minimum atomic E-state index is -0.592. The second-order valence-electron chi connectivity index (χ2n) is 4.15. The third kappa shape index (κ3) is 2.54. The van der Waals surface area contributed by atoms with E-state index < -0.39 is 5.91 Å². The first-order valence-electron chi connectivity index (χ1n) is 5.78. The van der Waals surface area contributed by atoms with Crippen molar-refractivity contribution < 1.29 is 14.3 Å². The fraction of sp³-hybridized carbons (Fsp3) is 0.333. The molecule has 2 rings (SSSR count). The molecule has 1 atom stereocenters. The zero-order valence-electron chi connectivity index (χ0n) is 10.3. The SMILES string of the molecule is CC1c2ccc(C(=O)NN=O)cc2OCCN1C=O.